The average Bonchev–Trinajstić information content (AvgIpc) is 2.97. The van der Waals surface area contributed by atoms with E-state index in [-0.39, 0.29) is 0 Å². The SMILES string of the molecule is C1=CC=NNC=C1.c1ccc2ccccc2c1.c1ccccc1. The molecule has 0 radical (unpaired) electrons. The van der Waals surface area contributed by atoms with Gasteiger partial charge in [0.15, 0.2) is 0 Å². The van der Waals surface area contributed by atoms with E-state index in [9.17, 15) is 0 Å². The first kappa shape index (κ1) is 16.2. The molecule has 0 fully saturated rings. The first-order valence-corrected chi connectivity index (χ1v) is 7.51. The van der Waals surface area contributed by atoms with Crippen molar-refractivity contribution < 1.29 is 0 Å². The Morgan fingerprint density at radius 1 is 0.522 bits per heavy atom. The van der Waals surface area contributed by atoms with Gasteiger partial charge in [-0.05, 0) is 22.9 Å². The second-order valence-corrected chi connectivity index (χ2v) is 4.65. The van der Waals surface area contributed by atoms with Crippen LogP contribution in [0.1, 0.15) is 0 Å². The van der Waals surface area contributed by atoms with Crippen LogP contribution in [0.5, 0.6) is 0 Å². The predicted octanol–water partition coefficient (Wildman–Crippen LogP) is 5.17. The van der Waals surface area contributed by atoms with Gasteiger partial charge in [0.2, 0.25) is 0 Å². The molecule has 0 bridgehead atoms. The minimum atomic E-state index is 1.31. The van der Waals surface area contributed by atoms with Crippen molar-refractivity contribution in [1.82, 2.24) is 5.43 Å². The zero-order valence-corrected chi connectivity index (χ0v) is 12.9. The Bertz CT molecular complexity index is 653. The summed E-state index contributed by atoms with van der Waals surface area (Å²) in [5, 5.41) is 6.34. The van der Waals surface area contributed by atoms with Crippen LogP contribution in [0.15, 0.2) is 114 Å². The van der Waals surface area contributed by atoms with Crippen LogP contribution in [0.4, 0.5) is 0 Å². The van der Waals surface area contributed by atoms with E-state index in [2.05, 4.69) is 59.1 Å². The van der Waals surface area contributed by atoms with Crippen molar-refractivity contribution in [2.45, 2.75) is 0 Å². The summed E-state index contributed by atoms with van der Waals surface area (Å²) in [6.45, 7) is 0. The lowest BCUT2D eigenvalue weighted by Gasteiger charge is -1.92. The van der Waals surface area contributed by atoms with Gasteiger partial charge >= 0.3 is 0 Å². The van der Waals surface area contributed by atoms with Crippen molar-refractivity contribution >= 4 is 17.0 Å². The van der Waals surface area contributed by atoms with E-state index in [1.807, 2.05) is 54.6 Å². The lowest BCUT2D eigenvalue weighted by atomic mass is 10.1. The van der Waals surface area contributed by atoms with Gasteiger partial charge < -0.3 is 0 Å². The molecule has 3 aromatic rings. The molecule has 2 nitrogen and oxygen atoms in total. The van der Waals surface area contributed by atoms with Crippen LogP contribution < -0.4 is 5.43 Å². The van der Waals surface area contributed by atoms with Gasteiger partial charge in [0, 0.05) is 12.4 Å². The van der Waals surface area contributed by atoms with E-state index in [0.717, 1.165) is 0 Å². The summed E-state index contributed by atoms with van der Waals surface area (Å²) in [5.74, 6) is 0. The number of nitrogens with one attached hydrogen (secondary N) is 1. The fourth-order valence-corrected chi connectivity index (χ4v) is 1.86. The summed E-state index contributed by atoms with van der Waals surface area (Å²) in [5.41, 5.74) is 2.67. The highest BCUT2D eigenvalue weighted by molar-refractivity contribution is 5.82. The van der Waals surface area contributed by atoms with Crippen molar-refractivity contribution in [2.75, 3.05) is 0 Å². The largest absolute Gasteiger partial charge is 0.286 e. The van der Waals surface area contributed by atoms with E-state index >= 15 is 0 Å². The molecule has 0 aliphatic carbocycles. The zero-order valence-electron chi connectivity index (χ0n) is 12.9. The lowest BCUT2D eigenvalue weighted by Crippen LogP contribution is -1.89. The molecule has 0 aromatic heterocycles. The molecule has 3 aromatic carbocycles. The Labute approximate surface area is 137 Å². The van der Waals surface area contributed by atoms with Crippen molar-refractivity contribution in [3.8, 4) is 0 Å². The standard InChI is InChI=1S/C10H8.C6H6.C5H6N2/c1-2-6-10-8-4-3-7-9(10)5-1;1-2-4-6-5-3-1;1-2-4-6-7-5-3-1/h1-8H;1-6H;1-6H. The Balaban J connectivity index is 0.000000131. The molecule has 1 N–H and O–H groups in total. The van der Waals surface area contributed by atoms with Crippen molar-refractivity contribution in [2.24, 2.45) is 5.10 Å². The van der Waals surface area contributed by atoms with Crippen LogP contribution >= 0.6 is 0 Å². The molecule has 2 heteroatoms. The fourth-order valence-electron chi connectivity index (χ4n) is 1.86. The summed E-state index contributed by atoms with van der Waals surface area (Å²) in [7, 11) is 0. The molecule has 1 aliphatic heterocycles. The maximum atomic E-state index is 3.72. The monoisotopic (exact) mass is 300 g/mol. The molecule has 0 amide bonds. The Morgan fingerprint density at radius 2 is 1.00 bits per heavy atom. The number of hydrazone groups is 1. The van der Waals surface area contributed by atoms with Crippen molar-refractivity contribution in [3.63, 3.8) is 0 Å². The molecule has 0 unspecified atom stereocenters. The zero-order chi connectivity index (χ0) is 16.0. The van der Waals surface area contributed by atoms with E-state index in [4.69, 9.17) is 0 Å². The van der Waals surface area contributed by atoms with E-state index < -0.39 is 0 Å². The minimum absolute atomic E-state index is 1.31. The van der Waals surface area contributed by atoms with Crippen LogP contribution in [0.2, 0.25) is 0 Å². The summed E-state index contributed by atoms with van der Waals surface area (Å²) in [6.07, 6.45) is 9.10. The highest BCUT2D eigenvalue weighted by Gasteiger charge is 1.85. The van der Waals surface area contributed by atoms with Gasteiger partial charge in [-0.2, -0.15) is 5.10 Å². The van der Waals surface area contributed by atoms with E-state index in [1.165, 1.54) is 10.8 Å². The average molecular weight is 300 g/mol. The van der Waals surface area contributed by atoms with E-state index in [1.54, 1.807) is 12.4 Å². The van der Waals surface area contributed by atoms with Gasteiger partial charge in [0.1, 0.15) is 0 Å². The molecule has 0 spiro atoms. The predicted molar refractivity (Wildman–Crippen MR) is 100 cm³/mol. The quantitative estimate of drug-likeness (QED) is 0.608. The number of nitrogens with zero attached hydrogens (tertiary/aromatic N) is 1. The molecule has 1 aliphatic rings. The molecule has 0 atom stereocenters. The number of benzene rings is 3. The second kappa shape index (κ2) is 10.6. The summed E-state index contributed by atoms with van der Waals surface area (Å²) < 4.78 is 0. The van der Waals surface area contributed by atoms with Gasteiger partial charge in [-0.1, -0.05) is 91.0 Å². The maximum Gasteiger partial charge on any atom is 0.0472 e. The molecular weight excluding hydrogens is 280 g/mol. The topological polar surface area (TPSA) is 24.4 Å². The van der Waals surface area contributed by atoms with Gasteiger partial charge in [0.05, 0.1) is 0 Å². The molecule has 0 saturated carbocycles. The van der Waals surface area contributed by atoms with E-state index in [0.29, 0.717) is 0 Å². The number of allylic oxidation sites excluding steroid dienone is 3. The Hall–Kier alpha value is -3.13. The first-order chi connectivity index (χ1) is 11.5. The Kier molecular flexibility index (Phi) is 7.47. The summed E-state index contributed by atoms with van der Waals surface area (Å²) in [6, 6.07) is 28.7. The number of hydrogen-bond donors (Lipinski definition) is 1. The third-order valence-electron chi connectivity index (χ3n) is 2.95. The molecule has 114 valence electrons. The Morgan fingerprint density at radius 3 is 1.48 bits per heavy atom. The summed E-state index contributed by atoms with van der Waals surface area (Å²) in [4.78, 5) is 0. The molecule has 23 heavy (non-hydrogen) atoms. The van der Waals surface area contributed by atoms with Crippen LogP contribution in [0.3, 0.4) is 0 Å². The van der Waals surface area contributed by atoms with Crippen LogP contribution in [0, 0.1) is 0 Å². The highest BCUT2D eigenvalue weighted by atomic mass is 15.3. The smallest absolute Gasteiger partial charge is 0.0472 e. The third kappa shape index (κ3) is 6.91. The summed E-state index contributed by atoms with van der Waals surface area (Å²) >= 11 is 0. The second-order valence-electron chi connectivity index (χ2n) is 4.65. The van der Waals surface area contributed by atoms with Crippen molar-refractivity contribution in [3.05, 3.63) is 109 Å². The van der Waals surface area contributed by atoms with Crippen LogP contribution in [0.25, 0.3) is 10.8 Å². The van der Waals surface area contributed by atoms with Gasteiger partial charge in [-0.25, -0.2) is 0 Å². The van der Waals surface area contributed by atoms with Gasteiger partial charge in [-0.3, -0.25) is 5.43 Å². The minimum Gasteiger partial charge on any atom is -0.286 e. The number of fused-ring (bicyclic) bond motifs is 1. The van der Waals surface area contributed by atoms with Crippen LogP contribution in [-0.2, 0) is 0 Å². The maximum absolute atomic E-state index is 3.72. The normalized spacial score (nSPS) is 11.3. The number of rotatable bonds is 0. The van der Waals surface area contributed by atoms with Gasteiger partial charge in [-0.15, -0.1) is 0 Å². The number of hydrogen-bond acceptors (Lipinski definition) is 2. The fraction of sp³-hybridized carbons (Fsp3) is 0. The highest BCUT2D eigenvalue weighted by Crippen LogP contribution is 2.11. The first-order valence-electron chi connectivity index (χ1n) is 7.51. The molecule has 4 rings (SSSR count). The molecular formula is C21H20N2. The third-order valence-corrected chi connectivity index (χ3v) is 2.95. The lowest BCUT2D eigenvalue weighted by molar-refractivity contribution is 0.980. The molecule has 0 saturated heterocycles. The molecule has 1 heterocycles. The van der Waals surface area contributed by atoms with Crippen molar-refractivity contribution in [1.29, 1.82) is 0 Å². The van der Waals surface area contributed by atoms with Crippen LogP contribution in [-0.4, -0.2) is 6.21 Å². The van der Waals surface area contributed by atoms with Gasteiger partial charge in [0.25, 0.3) is 0 Å².